The van der Waals surface area contributed by atoms with Crippen LogP contribution in [0.5, 0.6) is 0 Å². The van der Waals surface area contributed by atoms with E-state index in [1.807, 2.05) is 0 Å². The summed E-state index contributed by atoms with van der Waals surface area (Å²) in [6.07, 6.45) is 11.7. The quantitative estimate of drug-likeness (QED) is 0.761. The van der Waals surface area contributed by atoms with E-state index in [0.717, 1.165) is 48.6 Å². The molecule has 0 unspecified atom stereocenters. The summed E-state index contributed by atoms with van der Waals surface area (Å²) >= 11 is 0. The molecule has 0 spiro atoms. The van der Waals surface area contributed by atoms with Crippen molar-refractivity contribution in [1.29, 1.82) is 0 Å². The molecule has 4 atom stereocenters. The van der Waals surface area contributed by atoms with Crippen LogP contribution in [0.2, 0.25) is 0 Å². The van der Waals surface area contributed by atoms with E-state index >= 15 is 0 Å². The smallest absolute Gasteiger partial charge is 0.00745 e. The molecule has 0 aromatic heterocycles. The van der Waals surface area contributed by atoms with Crippen molar-refractivity contribution in [2.45, 2.75) is 51.4 Å². The van der Waals surface area contributed by atoms with Gasteiger partial charge in [0.1, 0.15) is 0 Å². The van der Waals surface area contributed by atoms with Gasteiger partial charge in [-0.2, -0.15) is 0 Å². The first-order chi connectivity index (χ1) is 8.83. The fourth-order valence-corrected chi connectivity index (χ4v) is 3.84. The Morgan fingerprint density at radius 2 is 1.06 bits per heavy atom. The lowest BCUT2D eigenvalue weighted by Gasteiger charge is -1.92. The molecule has 18 heavy (non-hydrogen) atoms. The maximum atomic E-state index is 5.45. The highest BCUT2D eigenvalue weighted by molar-refractivity contribution is 4.97. The van der Waals surface area contributed by atoms with Gasteiger partial charge >= 0.3 is 0 Å². The molecule has 0 radical (unpaired) electrons. The first-order valence-corrected chi connectivity index (χ1v) is 8.23. The fourth-order valence-electron chi connectivity index (χ4n) is 3.84. The fraction of sp³-hybridized carbons (Fsp3) is 1.00. The summed E-state index contributed by atoms with van der Waals surface area (Å²) in [5.74, 6) is 6.61. The molecule has 0 bridgehead atoms. The van der Waals surface area contributed by atoms with Crippen LogP contribution in [-0.4, -0.2) is 13.1 Å². The molecule has 2 heteroatoms. The van der Waals surface area contributed by atoms with Gasteiger partial charge in [0.2, 0.25) is 0 Å². The summed E-state index contributed by atoms with van der Waals surface area (Å²) in [6.45, 7) is 1.82. The predicted octanol–water partition coefficient (Wildman–Crippen LogP) is 2.76. The zero-order chi connectivity index (χ0) is 12.5. The number of rotatable bonds is 6. The first-order valence-electron chi connectivity index (χ1n) is 8.23. The van der Waals surface area contributed by atoms with Gasteiger partial charge in [-0.15, -0.1) is 0 Å². The first kappa shape index (κ1) is 12.9. The van der Waals surface area contributed by atoms with Gasteiger partial charge in [0.05, 0.1) is 0 Å². The molecule has 0 aromatic rings. The van der Waals surface area contributed by atoms with Crippen molar-refractivity contribution in [3.05, 3.63) is 0 Å². The molecular weight excluding hydrogens is 220 g/mol. The van der Waals surface area contributed by atoms with Crippen molar-refractivity contribution in [3.8, 4) is 0 Å². The molecule has 104 valence electrons. The molecular formula is C16H30N2. The van der Waals surface area contributed by atoms with Gasteiger partial charge in [0, 0.05) is 0 Å². The third-order valence-electron chi connectivity index (χ3n) is 5.48. The minimum atomic E-state index is 0.911. The topological polar surface area (TPSA) is 52.0 Å². The van der Waals surface area contributed by atoms with Gasteiger partial charge in [-0.25, -0.2) is 0 Å². The van der Waals surface area contributed by atoms with Crippen LogP contribution in [0, 0.1) is 35.5 Å². The average molecular weight is 250 g/mol. The van der Waals surface area contributed by atoms with Crippen LogP contribution in [0.1, 0.15) is 51.4 Å². The van der Waals surface area contributed by atoms with E-state index in [4.69, 9.17) is 11.5 Å². The summed E-state index contributed by atoms with van der Waals surface area (Å²) in [5, 5.41) is 0. The molecule has 0 aliphatic heterocycles. The Balaban J connectivity index is 0.000000111. The minimum absolute atomic E-state index is 0.911. The van der Waals surface area contributed by atoms with Crippen LogP contribution >= 0.6 is 0 Å². The average Bonchev–Trinajstić information content (AvgIpc) is 3.15. The molecule has 4 N–H and O–H groups in total. The molecule has 4 aliphatic rings. The van der Waals surface area contributed by atoms with Crippen LogP contribution in [-0.2, 0) is 0 Å². The van der Waals surface area contributed by atoms with Gasteiger partial charge in [0.25, 0.3) is 0 Å². The maximum absolute atomic E-state index is 5.45. The van der Waals surface area contributed by atoms with Crippen molar-refractivity contribution < 1.29 is 0 Å². The van der Waals surface area contributed by atoms with E-state index in [1.54, 1.807) is 0 Å². The Bertz CT molecular complexity index is 242. The number of nitrogens with two attached hydrogens (primary N) is 2. The number of hydrogen-bond donors (Lipinski definition) is 2. The highest BCUT2D eigenvalue weighted by Crippen LogP contribution is 2.56. The molecule has 0 aromatic carbocycles. The van der Waals surface area contributed by atoms with Crippen LogP contribution < -0.4 is 11.5 Å². The van der Waals surface area contributed by atoms with Gasteiger partial charge in [0.15, 0.2) is 0 Å². The molecule has 4 fully saturated rings. The van der Waals surface area contributed by atoms with Crippen molar-refractivity contribution in [2.75, 3.05) is 13.1 Å². The second kappa shape index (κ2) is 5.50. The third-order valence-corrected chi connectivity index (χ3v) is 5.48. The lowest BCUT2D eigenvalue weighted by Crippen LogP contribution is -2.00. The van der Waals surface area contributed by atoms with E-state index < -0.39 is 0 Å². The second-order valence-electron chi connectivity index (χ2n) is 7.15. The monoisotopic (exact) mass is 250 g/mol. The Kier molecular flexibility index (Phi) is 3.95. The second-order valence-corrected chi connectivity index (χ2v) is 7.15. The zero-order valence-electron chi connectivity index (χ0n) is 11.7. The SMILES string of the molecule is NCC[C@@H]1C[C@H]1C1CC1.NCC[C@H]1C[C@@H]1C1CC1. The van der Waals surface area contributed by atoms with E-state index in [9.17, 15) is 0 Å². The van der Waals surface area contributed by atoms with Crippen LogP contribution in [0.3, 0.4) is 0 Å². The molecule has 0 heterocycles. The Morgan fingerprint density at radius 1 is 0.667 bits per heavy atom. The zero-order valence-corrected chi connectivity index (χ0v) is 11.7. The maximum Gasteiger partial charge on any atom is -0.00745 e. The lowest BCUT2D eigenvalue weighted by molar-refractivity contribution is 0.599. The highest BCUT2D eigenvalue weighted by Gasteiger charge is 2.46. The largest absolute Gasteiger partial charge is 0.330 e. The van der Waals surface area contributed by atoms with E-state index in [1.165, 1.54) is 51.4 Å². The summed E-state index contributed by atoms with van der Waals surface area (Å²) < 4.78 is 0. The van der Waals surface area contributed by atoms with Crippen LogP contribution in [0.25, 0.3) is 0 Å². The molecule has 2 nitrogen and oxygen atoms in total. The molecule has 4 saturated carbocycles. The van der Waals surface area contributed by atoms with Crippen LogP contribution in [0.4, 0.5) is 0 Å². The lowest BCUT2D eigenvalue weighted by atomic mass is 10.2. The van der Waals surface area contributed by atoms with Crippen molar-refractivity contribution in [3.63, 3.8) is 0 Å². The Morgan fingerprint density at radius 3 is 1.33 bits per heavy atom. The van der Waals surface area contributed by atoms with E-state index in [0.29, 0.717) is 0 Å². The summed E-state index contributed by atoms with van der Waals surface area (Å²) in [6, 6.07) is 0. The van der Waals surface area contributed by atoms with Crippen molar-refractivity contribution in [2.24, 2.45) is 47.0 Å². The molecule has 0 saturated heterocycles. The van der Waals surface area contributed by atoms with Crippen molar-refractivity contribution >= 4 is 0 Å². The number of hydrogen-bond acceptors (Lipinski definition) is 2. The standard InChI is InChI=1S/2C8H15N/c2*9-4-3-7-5-8(7)6-1-2-6/h2*6-8H,1-5,9H2/t2*7-,8+/m10/s1. The van der Waals surface area contributed by atoms with E-state index in [2.05, 4.69) is 0 Å². The summed E-state index contributed by atoms with van der Waals surface area (Å²) in [7, 11) is 0. The normalized spacial score (nSPS) is 41.0. The van der Waals surface area contributed by atoms with E-state index in [-0.39, 0.29) is 0 Å². The van der Waals surface area contributed by atoms with Gasteiger partial charge in [-0.1, -0.05) is 0 Å². The molecule has 4 aliphatic carbocycles. The van der Waals surface area contributed by atoms with Gasteiger partial charge in [-0.05, 0) is 100.0 Å². The Hall–Kier alpha value is -0.0800. The van der Waals surface area contributed by atoms with Crippen LogP contribution in [0.15, 0.2) is 0 Å². The highest BCUT2D eigenvalue weighted by atomic mass is 14.6. The van der Waals surface area contributed by atoms with Gasteiger partial charge in [-0.3, -0.25) is 0 Å². The third kappa shape index (κ3) is 3.48. The Labute approximate surface area is 112 Å². The summed E-state index contributed by atoms with van der Waals surface area (Å²) in [5.41, 5.74) is 10.9. The molecule has 4 rings (SSSR count). The molecule has 0 amide bonds. The summed E-state index contributed by atoms with van der Waals surface area (Å²) in [4.78, 5) is 0. The van der Waals surface area contributed by atoms with Gasteiger partial charge < -0.3 is 11.5 Å². The minimum Gasteiger partial charge on any atom is -0.330 e. The predicted molar refractivity (Wildman–Crippen MR) is 76.0 cm³/mol. The van der Waals surface area contributed by atoms with Crippen molar-refractivity contribution in [1.82, 2.24) is 0 Å².